The second kappa shape index (κ2) is 9.03. The topological polar surface area (TPSA) is 73.8 Å². The molecule has 0 N–H and O–H groups in total. The predicted molar refractivity (Wildman–Crippen MR) is 136 cm³/mol. The minimum Gasteiger partial charge on any atom is -0.343 e. The van der Waals surface area contributed by atoms with Crippen molar-refractivity contribution in [2.24, 2.45) is 0 Å². The Morgan fingerprint density at radius 1 is 1.03 bits per heavy atom. The summed E-state index contributed by atoms with van der Waals surface area (Å²) in [7, 11) is -1.33. The van der Waals surface area contributed by atoms with Crippen LogP contribution in [0, 0.1) is 0 Å². The first-order valence-electron chi connectivity index (χ1n) is 11.4. The zero-order chi connectivity index (χ0) is 23.9. The maximum Gasteiger partial charge on any atom is 0.324 e. The van der Waals surface area contributed by atoms with Gasteiger partial charge in [-0.1, -0.05) is 18.2 Å². The van der Waals surface area contributed by atoms with E-state index in [1.807, 2.05) is 30.3 Å². The van der Waals surface area contributed by atoms with Crippen molar-refractivity contribution in [2.75, 3.05) is 42.7 Å². The highest BCUT2D eigenvalue weighted by atomic mass is 32.2. The number of benzene rings is 2. The van der Waals surface area contributed by atoms with E-state index in [0.717, 1.165) is 66.7 Å². The average Bonchev–Trinajstić information content (AvgIpc) is 3.28. The van der Waals surface area contributed by atoms with Crippen LogP contribution < -0.4 is 9.80 Å². The molecule has 2 aliphatic heterocycles. The number of hydrogen-bond donors (Lipinski definition) is 0. The lowest BCUT2D eigenvalue weighted by molar-refractivity contribution is 0.207. The first kappa shape index (κ1) is 22.9. The fraction of sp³-hybridized carbons (Fsp3) is 0.360. The first-order valence-corrected chi connectivity index (χ1v) is 14.1. The molecule has 5 rings (SSSR count). The Hall–Kier alpha value is -2.91. The molecule has 34 heavy (non-hydrogen) atoms. The van der Waals surface area contributed by atoms with Crippen molar-refractivity contribution in [2.45, 2.75) is 30.7 Å². The number of thiazole rings is 1. The maximum absolute atomic E-state index is 12.6. The predicted octanol–water partition coefficient (Wildman–Crippen LogP) is 3.96. The van der Waals surface area contributed by atoms with E-state index in [1.165, 1.54) is 17.4 Å². The van der Waals surface area contributed by atoms with E-state index in [9.17, 15) is 13.2 Å². The summed E-state index contributed by atoms with van der Waals surface area (Å²) >= 11 is 1.68. The number of aromatic nitrogens is 1. The van der Waals surface area contributed by atoms with Gasteiger partial charge < -0.3 is 9.80 Å². The van der Waals surface area contributed by atoms with Crippen LogP contribution in [0.25, 0.3) is 0 Å². The summed E-state index contributed by atoms with van der Waals surface area (Å²) in [6.45, 7) is 3.25. The molecule has 2 amide bonds. The quantitative estimate of drug-likeness (QED) is 0.535. The maximum atomic E-state index is 12.6. The standard InChI is InChI=1S/C25H28N4O3S2/c1-27-11-3-12-29(25(27)30)21-7-6-19-10-13-28(17-20(19)15-21)24-26-16-22(33-24)14-18-4-8-23(9-5-18)34(2,31)32/h4-9,15-16H,3,10-14,17H2,1-2H3. The molecule has 0 aliphatic carbocycles. The highest BCUT2D eigenvalue weighted by Gasteiger charge is 2.26. The molecular weight excluding hydrogens is 468 g/mol. The van der Waals surface area contributed by atoms with Crippen molar-refractivity contribution in [1.82, 2.24) is 9.88 Å². The second-order valence-electron chi connectivity index (χ2n) is 9.04. The van der Waals surface area contributed by atoms with Gasteiger partial charge in [-0.2, -0.15) is 0 Å². The van der Waals surface area contributed by atoms with Crippen LogP contribution in [-0.4, -0.2) is 57.3 Å². The van der Waals surface area contributed by atoms with E-state index < -0.39 is 9.84 Å². The third kappa shape index (κ3) is 4.67. The summed E-state index contributed by atoms with van der Waals surface area (Å²) < 4.78 is 23.4. The summed E-state index contributed by atoms with van der Waals surface area (Å²) in [5.74, 6) is 0. The monoisotopic (exact) mass is 496 g/mol. The van der Waals surface area contributed by atoms with Gasteiger partial charge in [0.2, 0.25) is 0 Å². The second-order valence-corrected chi connectivity index (χ2v) is 12.1. The van der Waals surface area contributed by atoms with Gasteiger partial charge in [-0.05, 0) is 53.8 Å². The molecule has 178 valence electrons. The zero-order valence-electron chi connectivity index (χ0n) is 19.4. The average molecular weight is 497 g/mol. The zero-order valence-corrected chi connectivity index (χ0v) is 21.0. The van der Waals surface area contributed by atoms with Crippen molar-refractivity contribution in [3.63, 3.8) is 0 Å². The molecule has 7 nitrogen and oxygen atoms in total. The van der Waals surface area contributed by atoms with Crippen LogP contribution in [-0.2, 0) is 29.2 Å². The number of rotatable bonds is 5. The van der Waals surface area contributed by atoms with E-state index in [0.29, 0.717) is 4.90 Å². The number of nitrogens with zero attached hydrogens (tertiary/aromatic N) is 4. The molecule has 0 saturated carbocycles. The van der Waals surface area contributed by atoms with Gasteiger partial charge in [-0.3, -0.25) is 4.90 Å². The number of hydrogen-bond acceptors (Lipinski definition) is 6. The molecule has 1 aromatic heterocycles. The Labute approximate surface area is 204 Å². The number of fused-ring (bicyclic) bond motifs is 1. The number of sulfone groups is 1. The molecule has 2 aromatic carbocycles. The van der Waals surface area contributed by atoms with Crippen molar-refractivity contribution in [1.29, 1.82) is 0 Å². The Morgan fingerprint density at radius 2 is 1.82 bits per heavy atom. The number of carbonyl (C=O) groups is 1. The Morgan fingerprint density at radius 3 is 2.59 bits per heavy atom. The van der Waals surface area contributed by atoms with Crippen LogP contribution in [0.5, 0.6) is 0 Å². The smallest absolute Gasteiger partial charge is 0.324 e. The number of urea groups is 1. The summed E-state index contributed by atoms with van der Waals surface area (Å²) in [6, 6.07) is 13.5. The van der Waals surface area contributed by atoms with Crippen LogP contribution >= 0.6 is 11.3 Å². The number of anilines is 2. The van der Waals surface area contributed by atoms with Gasteiger partial charge in [0.25, 0.3) is 0 Å². The molecule has 0 bridgehead atoms. The lowest BCUT2D eigenvalue weighted by Crippen LogP contribution is -2.47. The fourth-order valence-corrected chi connectivity index (χ4v) is 6.16. The molecule has 0 atom stereocenters. The van der Waals surface area contributed by atoms with E-state index in [-0.39, 0.29) is 6.03 Å². The van der Waals surface area contributed by atoms with Crippen LogP contribution in [0.4, 0.5) is 15.6 Å². The van der Waals surface area contributed by atoms with Gasteiger partial charge in [-0.25, -0.2) is 18.2 Å². The summed E-state index contributed by atoms with van der Waals surface area (Å²) in [4.78, 5) is 24.7. The Balaban J connectivity index is 1.29. The summed E-state index contributed by atoms with van der Waals surface area (Å²) in [5.41, 5.74) is 4.61. The van der Waals surface area contributed by atoms with Gasteiger partial charge >= 0.3 is 6.03 Å². The highest BCUT2D eigenvalue weighted by Crippen LogP contribution is 2.32. The lowest BCUT2D eigenvalue weighted by Gasteiger charge is -2.34. The molecule has 0 unspecified atom stereocenters. The van der Waals surface area contributed by atoms with Gasteiger partial charge in [-0.15, -0.1) is 11.3 Å². The number of amides is 2. The molecule has 3 heterocycles. The van der Waals surface area contributed by atoms with Gasteiger partial charge in [0.05, 0.1) is 4.90 Å². The molecule has 1 fully saturated rings. The summed E-state index contributed by atoms with van der Waals surface area (Å²) in [6.07, 6.45) is 5.79. The fourth-order valence-electron chi connectivity index (χ4n) is 4.56. The van der Waals surface area contributed by atoms with E-state index in [2.05, 4.69) is 28.1 Å². The number of carbonyl (C=O) groups excluding carboxylic acids is 1. The molecule has 0 radical (unpaired) electrons. The SMILES string of the molecule is CN1CCCN(c2ccc3c(c2)CN(c2ncc(Cc4ccc(S(C)(=O)=O)cc4)s2)CC3)C1=O. The van der Waals surface area contributed by atoms with Gasteiger partial charge in [0.1, 0.15) is 0 Å². The van der Waals surface area contributed by atoms with Crippen molar-refractivity contribution >= 4 is 38.0 Å². The first-order chi connectivity index (χ1) is 16.3. The summed E-state index contributed by atoms with van der Waals surface area (Å²) in [5, 5.41) is 0.993. The van der Waals surface area contributed by atoms with Crippen molar-refractivity contribution in [3.8, 4) is 0 Å². The van der Waals surface area contributed by atoms with E-state index in [4.69, 9.17) is 0 Å². The third-order valence-electron chi connectivity index (χ3n) is 6.49. The molecule has 2 aliphatic rings. The molecule has 0 spiro atoms. The minimum atomic E-state index is -3.18. The van der Waals surface area contributed by atoms with Crippen LogP contribution in [0.1, 0.15) is 28.0 Å². The largest absolute Gasteiger partial charge is 0.343 e. The van der Waals surface area contributed by atoms with Gasteiger partial charge in [0, 0.05) is 62.7 Å². The van der Waals surface area contributed by atoms with Crippen LogP contribution in [0.3, 0.4) is 0 Å². The molecule has 1 saturated heterocycles. The third-order valence-corrected chi connectivity index (χ3v) is 8.67. The Bertz CT molecular complexity index is 1320. The van der Waals surface area contributed by atoms with Gasteiger partial charge in [0.15, 0.2) is 15.0 Å². The Kier molecular flexibility index (Phi) is 6.07. The highest BCUT2D eigenvalue weighted by molar-refractivity contribution is 7.90. The normalized spacial score (nSPS) is 16.6. The van der Waals surface area contributed by atoms with E-state index in [1.54, 1.807) is 28.4 Å². The van der Waals surface area contributed by atoms with E-state index >= 15 is 0 Å². The van der Waals surface area contributed by atoms with Crippen LogP contribution in [0.2, 0.25) is 0 Å². The van der Waals surface area contributed by atoms with Crippen molar-refractivity contribution in [3.05, 3.63) is 70.2 Å². The van der Waals surface area contributed by atoms with Crippen LogP contribution in [0.15, 0.2) is 53.6 Å². The lowest BCUT2D eigenvalue weighted by atomic mass is 9.99. The van der Waals surface area contributed by atoms with Crippen molar-refractivity contribution < 1.29 is 13.2 Å². The molecule has 3 aromatic rings. The minimum absolute atomic E-state index is 0.0630. The molecule has 9 heteroatoms. The molecular formula is C25H28N4O3S2.